The molecule has 3 N–H and O–H groups in total. The Morgan fingerprint density at radius 1 is 1.19 bits per heavy atom. The van der Waals surface area contributed by atoms with E-state index < -0.39 is 12.0 Å². The van der Waals surface area contributed by atoms with Crippen LogP contribution in [0.1, 0.15) is 34.7 Å². The van der Waals surface area contributed by atoms with Gasteiger partial charge in [0.15, 0.2) is 5.82 Å². The summed E-state index contributed by atoms with van der Waals surface area (Å²) in [7, 11) is 0. The number of fused-ring (bicyclic) bond motifs is 2. The van der Waals surface area contributed by atoms with Gasteiger partial charge in [-0.3, -0.25) is 9.36 Å². The summed E-state index contributed by atoms with van der Waals surface area (Å²) in [5.41, 5.74) is 2.26. The minimum Gasteiger partial charge on any atom is -0.478 e. The average molecular weight is 429 g/mol. The maximum absolute atomic E-state index is 13.5. The Bertz CT molecular complexity index is 1530. The first-order valence-corrected chi connectivity index (χ1v) is 9.94. The number of carboxylic acids is 1. The highest BCUT2D eigenvalue weighted by atomic mass is 16.4. The number of hydrogen-bond acceptors (Lipinski definition) is 6. The number of anilines is 1. The first-order valence-electron chi connectivity index (χ1n) is 9.94. The van der Waals surface area contributed by atoms with Gasteiger partial charge in [-0.2, -0.15) is 5.10 Å². The van der Waals surface area contributed by atoms with Crippen LogP contribution < -0.4 is 10.9 Å². The highest BCUT2D eigenvalue weighted by Gasteiger charge is 2.22. The van der Waals surface area contributed by atoms with Crippen LogP contribution in [0.2, 0.25) is 0 Å². The molecule has 1 aromatic carbocycles. The third-order valence-corrected chi connectivity index (χ3v) is 5.37. The zero-order valence-corrected chi connectivity index (χ0v) is 17.3. The molecular weight excluding hydrogens is 410 g/mol. The minimum absolute atomic E-state index is 0.0557. The Morgan fingerprint density at radius 3 is 2.72 bits per heavy atom. The first-order chi connectivity index (χ1) is 15.5. The maximum Gasteiger partial charge on any atom is 0.338 e. The van der Waals surface area contributed by atoms with Crippen molar-refractivity contribution in [3.05, 3.63) is 82.4 Å². The van der Waals surface area contributed by atoms with Gasteiger partial charge in [-0.05, 0) is 37.6 Å². The van der Waals surface area contributed by atoms with Crippen LogP contribution in [0.3, 0.4) is 0 Å². The summed E-state index contributed by atoms with van der Waals surface area (Å²) in [6.45, 7) is 3.70. The standard InChI is InChI=1S/C22H19N7O3/c1-12-8-9-28-17(12)21(30)29(14-6-4-3-5-7-14)20(27-28)13(2)26-19-16-15(22(31)32)10-23-18(16)24-11-25-19/h3-11,13H,1-2H3,(H,31,32)(H2,23,24,25,26). The van der Waals surface area contributed by atoms with Crippen LogP contribution in [0.15, 0.2) is 59.9 Å². The fourth-order valence-electron chi connectivity index (χ4n) is 3.85. The number of nitrogens with one attached hydrogen (secondary N) is 2. The average Bonchev–Trinajstić information content (AvgIpc) is 3.39. The van der Waals surface area contributed by atoms with E-state index in [2.05, 4.69) is 20.3 Å². The molecule has 10 nitrogen and oxygen atoms in total. The molecule has 0 fully saturated rings. The normalized spacial score (nSPS) is 12.3. The van der Waals surface area contributed by atoms with Gasteiger partial charge >= 0.3 is 5.97 Å². The third kappa shape index (κ3) is 3.00. The second-order valence-electron chi connectivity index (χ2n) is 7.45. The van der Waals surface area contributed by atoms with Crippen LogP contribution >= 0.6 is 0 Å². The summed E-state index contributed by atoms with van der Waals surface area (Å²) >= 11 is 0. The molecule has 0 saturated heterocycles. The van der Waals surface area contributed by atoms with Gasteiger partial charge in [0.2, 0.25) is 0 Å². The number of aromatic carboxylic acids is 1. The molecule has 0 spiro atoms. The Morgan fingerprint density at radius 2 is 1.97 bits per heavy atom. The molecular formula is C22H19N7O3. The molecule has 10 heteroatoms. The molecule has 0 aliphatic carbocycles. The fourth-order valence-corrected chi connectivity index (χ4v) is 3.85. The van der Waals surface area contributed by atoms with Crippen LogP contribution in [-0.4, -0.2) is 40.2 Å². The molecule has 1 unspecified atom stereocenters. The van der Waals surface area contributed by atoms with E-state index in [1.807, 2.05) is 50.2 Å². The van der Waals surface area contributed by atoms with Gasteiger partial charge in [0.25, 0.3) is 5.56 Å². The number of hydrogen-bond donors (Lipinski definition) is 3. The predicted molar refractivity (Wildman–Crippen MR) is 118 cm³/mol. The van der Waals surface area contributed by atoms with Gasteiger partial charge in [0.1, 0.15) is 23.3 Å². The van der Waals surface area contributed by atoms with Gasteiger partial charge in [0.05, 0.1) is 22.7 Å². The number of aromatic amines is 1. The van der Waals surface area contributed by atoms with Crippen molar-refractivity contribution >= 4 is 28.3 Å². The number of carbonyl (C=O) groups is 1. The number of carboxylic acid groups (broad SMARTS) is 1. The summed E-state index contributed by atoms with van der Waals surface area (Å²) in [4.78, 5) is 36.3. The molecule has 4 heterocycles. The molecule has 5 rings (SSSR count). The van der Waals surface area contributed by atoms with Crippen molar-refractivity contribution < 1.29 is 9.90 Å². The van der Waals surface area contributed by atoms with Crippen molar-refractivity contribution in [2.45, 2.75) is 19.9 Å². The number of aryl methyl sites for hydroxylation is 1. The van der Waals surface area contributed by atoms with E-state index >= 15 is 0 Å². The molecule has 0 aliphatic heterocycles. The monoisotopic (exact) mass is 429 g/mol. The van der Waals surface area contributed by atoms with Crippen molar-refractivity contribution in [2.75, 3.05) is 5.32 Å². The van der Waals surface area contributed by atoms with E-state index in [4.69, 9.17) is 5.10 Å². The van der Waals surface area contributed by atoms with Crippen molar-refractivity contribution in [1.29, 1.82) is 0 Å². The molecule has 160 valence electrons. The lowest BCUT2D eigenvalue weighted by atomic mass is 10.2. The van der Waals surface area contributed by atoms with Crippen LogP contribution in [-0.2, 0) is 0 Å². The van der Waals surface area contributed by atoms with Crippen LogP contribution in [0.25, 0.3) is 22.2 Å². The minimum atomic E-state index is -1.09. The molecule has 5 aromatic rings. The van der Waals surface area contributed by atoms with E-state index in [0.717, 1.165) is 5.56 Å². The largest absolute Gasteiger partial charge is 0.478 e. The first kappa shape index (κ1) is 19.5. The summed E-state index contributed by atoms with van der Waals surface area (Å²) in [6, 6.07) is 10.6. The van der Waals surface area contributed by atoms with Crippen molar-refractivity contribution in [3.8, 4) is 5.69 Å². The maximum atomic E-state index is 13.5. The van der Waals surface area contributed by atoms with Gasteiger partial charge in [-0.1, -0.05) is 18.2 Å². The molecule has 4 aromatic heterocycles. The molecule has 0 bridgehead atoms. The summed E-state index contributed by atoms with van der Waals surface area (Å²) in [5, 5.41) is 17.8. The Balaban J connectivity index is 1.69. The molecule has 0 amide bonds. The SMILES string of the molecule is Cc1ccn2nc(C(C)Nc3ncnc4[nH]cc(C(=O)O)c34)n(-c3ccccc3)c(=O)c12. The van der Waals surface area contributed by atoms with Crippen molar-refractivity contribution in [1.82, 2.24) is 29.1 Å². The lowest BCUT2D eigenvalue weighted by Gasteiger charge is -2.20. The zero-order valence-electron chi connectivity index (χ0n) is 17.3. The highest BCUT2D eigenvalue weighted by molar-refractivity contribution is 6.06. The Hall–Kier alpha value is -4.47. The quantitative estimate of drug-likeness (QED) is 0.391. The predicted octanol–water partition coefficient (Wildman–Crippen LogP) is 2.94. The highest BCUT2D eigenvalue weighted by Crippen LogP contribution is 2.27. The number of rotatable bonds is 5. The van der Waals surface area contributed by atoms with E-state index in [-0.39, 0.29) is 11.1 Å². The lowest BCUT2D eigenvalue weighted by molar-refractivity contribution is 0.0699. The van der Waals surface area contributed by atoms with Gasteiger partial charge < -0.3 is 15.4 Å². The molecule has 0 aliphatic rings. The van der Waals surface area contributed by atoms with Crippen LogP contribution in [0.4, 0.5) is 5.82 Å². The second-order valence-corrected chi connectivity index (χ2v) is 7.45. The topological polar surface area (TPSA) is 130 Å². The van der Waals surface area contributed by atoms with Crippen molar-refractivity contribution in [3.63, 3.8) is 0 Å². The molecule has 0 radical (unpaired) electrons. The van der Waals surface area contributed by atoms with Gasteiger partial charge in [-0.25, -0.2) is 19.3 Å². The molecule has 32 heavy (non-hydrogen) atoms. The van der Waals surface area contributed by atoms with Gasteiger partial charge in [0, 0.05) is 12.4 Å². The summed E-state index contributed by atoms with van der Waals surface area (Å²) in [6.07, 6.45) is 4.47. The number of benzene rings is 1. The van der Waals surface area contributed by atoms with Crippen molar-refractivity contribution in [2.24, 2.45) is 0 Å². The number of H-pyrrole nitrogens is 1. The zero-order chi connectivity index (χ0) is 22.4. The van der Waals surface area contributed by atoms with Crippen LogP contribution in [0, 0.1) is 6.92 Å². The Kier molecular flexibility index (Phi) is 4.47. The number of aromatic nitrogens is 6. The second kappa shape index (κ2) is 7.34. The van der Waals surface area contributed by atoms with E-state index in [1.165, 1.54) is 12.5 Å². The molecule has 0 saturated carbocycles. The van der Waals surface area contributed by atoms with E-state index in [0.29, 0.717) is 33.9 Å². The Labute approximate surface area is 181 Å². The third-order valence-electron chi connectivity index (χ3n) is 5.37. The van der Waals surface area contributed by atoms with E-state index in [9.17, 15) is 14.7 Å². The summed E-state index contributed by atoms with van der Waals surface area (Å²) < 4.78 is 3.13. The number of para-hydroxylation sites is 1. The summed E-state index contributed by atoms with van der Waals surface area (Å²) in [5.74, 6) is -0.312. The number of nitrogens with zero attached hydrogens (tertiary/aromatic N) is 5. The smallest absolute Gasteiger partial charge is 0.338 e. The fraction of sp³-hybridized carbons (Fsp3) is 0.136. The molecule has 1 atom stereocenters. The van der Waals surface area contributed by atoms with E-state index in [1.54, 1.807) is 15.3 Å². The van der Waals surface area contributed by atoms with Gasteiger partial charge in [-0.15, -0.1) is 0 Å². The lowest BCUT2D eigenvalue weighted by Crippen LogP contribution is -2.29. The van der Waals surface area contributed by atoms with Crippen LogP contribution in [0.5, 0.6) is 0 Å².